The molecule has 0 fully saturated rings. The van der Waals surface area contributed by atoms with Crippen molar-refractivity contribution in [3.63, 3.8) is 0 Å². The lowest BCUT2D eigenvalue weighted by molar-refractivity contribution is -0.136. The summed E-state index contributed by atoms with van der Waals surface area (Å²) in [5, 5.41) is 8.70. The normalized spacial score (nSPS) is 15.9. The van der Waals surface area contributed by atoms with Crippen LogP contribution >= 0.6 is 0 Å². The van der Waals surface area contributed by atoms with Gasteiger partial charge in [0.05, 0.1) is 0 Å². The molecule has 0 bridgehead atoms. The quantitative estimate of drug-likeness (QED) is 0.842. The summed E-state index contributed by atoms with van der Waals surface area (Å²) in [4.78, 5) is 21.4. The highest BCUT2D eigenvalue weighted by atomic mass is 16.4. The number of rotatable bonds is 3. The molecule has 0 amide bonds. The molecule has 0 unspecified atom stereocenters. The van der Waals surface area contributed by atoms with Crippen molar-refractivity contribution < 1.29 is 9.90 Å². The molecular weight excluding hydrogens is 218 g/mol. The Morgan fingerprint density at radius 2 is 2.35 bits per heavy atom. The SMILES string of the molecule is CC(C)N1CCc2nc(CC(=O)O)ncc2C1. The monoisotopic (exact) mass is 235 g/mol. The first kappa shape index (κ1) is 12.0. The second-order valence-corrected chi connectivity index (χ2v) is 4.64. The molecule has 0 atom stereocenters. The van der Waals surface area contributed by atoms with Crippen molar-refractivity contribution >= 4 is 5.97 Å². The van der Waals surface area contributed by atoms with Crippen LogP contribution in [0.25, 0.3) is 0 Å². The molecule has 0 aromatic carbocycles. The minimum Gasteiger partial charge on any atom is -0.481 e. The van der Waals surface area contributed by atoms with E-state index in [4.69, 9.17) is 5.11 Å². The van der Waals surface area contributed by atoms with E-state index >= 15 is 0 Å². The Kier molecular flexibility index (Phi) is 3.38. The topological polar surface area (TPSA) is 66.3 Å². The summed E-state index contributed by atoms with van der Waals surface area (Å²) in [5.74, 6) is -0.473. The molecule has 17 heavy (non-hydrogen) atoms. The molecule has 1 N–H and O–H groups in total. The third-order valence-electron chi connectivity index (χ3n) is 3.05. The number of carboxylic acid groups (broad SMARTS) is 1. The van der Waals surface area contributed by atoms with Gasteiger partial charge in [-0.15, -0.1) is 0 Å². The second kappa shape index (κ2) is 4.79. The van der Waals surface area contributed by atoms with Gasteiger partial charge in [0, 0.05) is 43.0 Å². The molecule has 1 aliphatic heterocycles. The van der Waals surface area contributed by atoms with Crippen LogP contribution in [0.1, 0.15) is 30.9 Å². The maximum absolute atomic E-state index is 10.6. The lowest BCUT2D eigenvalue weighted by Crippen LogP contribution is -2.36. The number of hydrogen-bond acceptors (Lipinski definition) is 4. The average Bonchev–Trinajstić information content (AvgIpc) is 2.27. The van der Waals surface area contributed by atoms with Crippen molar-refractivity contribution in [3.8, 4) is 0 Å². The summed E-state index contributed by atoms with van der Waals surface area (Å²) in [7, 11) is 0. The standard InChI is InChI=1S/C12H17N3O2/c1-8(2)15-4-3-10-9(7-15)6-13-11(14-10)5-12(16)17/h6,8H,3-5,7H2,1-2H3,(H,16,17). The van der Waals surface area contributed by atoms with Gasteiger partial charge in [-0.1, -0.05) is 0 Å². The van der Waals surface area contributed by atoms with Gasteiger partial charge < -0.3 is 5.11 Å². The summed E-state index contributed by atoms with van der Waals surface area (Å²) in [6.45, 7) is 6.18. The summed E-state index contributed by atoms with van der Waals surface area (Å²) in [6, 6.07) is 0.516. The Morgan fingerprint density at radius 1 is 1.59 bits per heavy atom. The fraction of sp³-hybridized carbons (Fsp3) is 0.583. The zero-order chi connectivity index (χ0) is 12.4. The van der Waals surface area contributed by atoms with Crippen LogP contribution in [0.2, 0.25) is 0 Å². The molecule has 0 saturated heterocycles. The van der Waals surface area contributed by atoms with Gasteiger partial charge in [-0.2, -0.15) is 0 Å². The van der Waals surface area contributed by atoms with Crippen LogP contribution in [0, 0.1) is 0 Å². The molecule has 92 valence electrons. The minimum absolute atomic E-state index is 0.0961. The van der Waals surface area contributed by atoms with Crippen molar-refractivity contribution in [1.29, 1.82) is 0 Å². The molecule has 1 aromatic rings. The number of fused-ring (bicyclic) bond motifs is 1. The molecular formula is C12H17N3O2. The third-order valence-corrected chi connectivity index (χ3v) is 3.05. The van der Waals surface area contributed by atoms with Gasteiger partial charge in [0.1, 0.15) is 12.2 Å². The van der Waals surface area contributed by atoms with Crippen molar-refractivity contribution in [3.05, 3.63) is 23.3 Å². The Morgan fingerprint density at radius 3 is 3.00 bits per heavy atom. The van der Waals surface area contributed by atoms with E-state index in [0.717, 1.165) is 30.8 Å². The number of hydrogen-bond donors (Lipinski definition) is 1. The van der Waals surface area contributed by atoms with Gasteiger partial charge in [-0.05, 0) is 13.8 Å². The third kappa shape index (κ3) is 2.79. The van der Waals surface area contributed by atoms with E-state index in [1.54, 1.807) is 6.20 Å². The molecule has 1 aliphatic rings. The van der Waals surface area contributed by atoms with Crippen LogP contribution in [0.5, 0.6) is 0 Å². The fourth-order valence-electron chi connectivity index (χ4n) is 2.04. The Bertz CT molecular complexity index is 432. The number of carbonyl (C=O) groups is 1. The maximum Gasteiger partial charge on any atom is 0.311 e. The number of nitrogens with zero attached hydrogens (tertiary/aromatic N) is 3. The summed E-state index contributed by atoms with van der Waals surface area (Å²) >= 11 is 0. The zero-order valence-electron chi connectivity index (χ0n) is 10.2. The smallest absolute Gasteiger partial charge is 0.311 e. The van der Waals surface area contributed by atoms with Crippen molar-refractivity contribution in [2.45, 2.75) is 39.3 Å². The van der Waals surface area contributed by atoms with E-state index in [2.05, 4.69) is 28.7 Å². The predicted molar refractivity (Wildman–Crippen MR) is 62.6 cm³/mol. The van der Waals surface area contributed by atoms with Gasteiger partial charge in [-0.3, -0.25) is 9.69 Å². The largest absolute Gasteiger partial charge is 0.481 e. The highest BCUT2D eigenvalue weighted by Crippen LogP contribution is 2.18. The molecule has 2 rings (SSSR count). The van der Waals surface area contributed by atoms with Crippen LogP contribution in [0.3, 0.4) is 0 Å². The molecule has 1 aromatic heterocycles. The van der Waals surface area contributed by atoms with E-state index in [1.165, 1.54) is 0 Å². The summed E-state index contributed by atoms with van der Waals surface area (Å²) in [5.41, 5.74) is 2.13. The minimum atomic E-state index is -0.885. The molecule has 0 spiro atoms. The van der Waals surface area contributed by atoms with Crippen molar-refractivity contribution in [2.75, 3.05) is 6.54 Å². The second-order valence-electron chi connectivity index (χ2n) is 4.64. The molecule has 2 heterocycles. The van der Waals surface area contributed by atoms with Gasteiger partial charge in [-0.25, -0.2) is 9.97 Å². The predicted octanol–water partition coefficient (Wildman–Crippen LogP) is 0.870. The number of carboxylic acids is 1. The highest BCUT2D eigenvalue weighted by molar-refractivity contribution is 5.68. The molecule has 0 aliphatic carbocycles. The first-order valence-corrected chi connectivity index (χ1v) is 5.85. The van der Waals surface area contributed by atoms with E-state index in [-0.39, 0.29) is 6.42 Å². The lowest BCUT2D eigenvalue weighted by atomic mass is 10.1. The van der Waals surface area contributed by atoms with Crippen LogP contribution < -0.4 is 0 Å². The van der Waals surface area contributed by atoms with Crippen LogP contribution in [0.15, 0.2) is 6.20 Å². The maximum atomic E-state index is 10.6. The van der Waals surface area contributed by atoms with E-state index in [0.29, 0.717) is 11.9 Å². The molecule has 0 saturated carbocycles. The summed E-state index contributed by atoms with van der Waals surface area (Å²) in [6.07, 6.45) is 2.55. The zero-order valence-corrected chi connectivity index (χ0v) is 10.2. The first-order valence-electron chi connectivity index (χ1n) is 5.85. The van der Waals surface area contributed by atoms with E-state index in [1.807, 2.05) is 0 Å². The number of aromatic nitrogens is 2. The van der Waals surface area contributed by atoms with Gasteiger partial charge in [0.2, 0.25) is 0 Å². The molecule has 0 radical (unpaired) electrons. The summed E-state index contributed by atoms with van der Waals surface area (Å²) < 4.78 is 0. The Labute approximate surface area is 100 Å². The highest BCUT2D eigenvalue weighted by Gasteiger charge is 2.20. The van der Waals surface area contributed by atoms with Crippen molar-refractivity contribution in [1.82, 2.24) is 14.9 Å². The Balaban J connectivity index is 2.16. The van der Waals surface area contributed by atoms with E-state index < -0.39 is 5.97 Å². The van der Waals surface area contributed by atoms with Gasteiger partial charge in [0.25, 0.3) is 0 Å². The van der Waals surface area contributed by atoms with E-state index in [9.17, 15) is 4.79 Å². The molecule has 5 nitrogen and oxygen atoms in total. The molecule has 5 heteroatoms. The van der Waals surface area contributed by atoms with Crippen LogP contribution in [-0.4, -0.2) is 38.5 Å². The number of aliphatic carboxylic acids is 1. The lowest BCUT2D eigenvalue weighted by Gasteiger charge is -2.31. The first-order chi connectivity index (χ1) is 8.06. The Hall–Kier alpha value is -1.49. The van der Waals surface area contributed by atoms with Crippen molar-refractivity contribution in [2.24, 2.45) is 0 Å². The van der Waals surface area contributed by atoms with Crippen LogP contribution in [-0.2, 0) is 24.2 Å². The average molecular weight is 235 g/mol. The van der Waals surface area contributed by atoms with Gasteiger partial charge >= 0.3 is 5.97 Å². The van der Waals surface area contributed by atoms with Crippen LogP contribution in [0.4, 0.5) is 0 Å². The fourth-order valence-corrected chi connectivity index (χ4v) is 2.04. The van der Waals surface area contributed by atoms with Gasteiger partial charge in [0.15, 0.2) is 0 Å².